The highest BCUT2D eigenvalue weighted by Gasteiger charge is 2.18. The Morgan fingerprint density at radius 1 is 1.25 bits per heavy atom. The highest BCUT2D eigenvalue weighted by molar-refractivity contribution is 9.10. The Morgan fingerprint density at radius 3 is 2.60 bits per heavy atom. The van der Waals surface area contributed by atoms with Gasteiger partial charge in [0.25, 0.3) is 0 Å². The minimum absolute atomic E-state index is 0.138. The molecule has 5 nitrogen and oxygen atoms in total. The lowest BCUT2D eigenvalue weighted by atomic mass is 10.1. The molecule has 0 spiro atoms. The first-order valence-electron chi connectivity index (χ1n) is 6.76. The minimum Gasteiger partial charge on any atom is -0.398 e. The average Bonchev–Trinajstić information content (AvgIpc) is 2.39. The summed E-state index contributed by atoms with van der Waals surface area (Å²) >= 11 is 3.27. The summed E-state index contributed by atoms with van der Waals surface area (Å²) in [6.45, 7) is 3.28. The van der Waals surface area contributed by atoms with Gasteiger partial charge in [-0.15, -0.1) is 0 Å². The predicted molar refractivity (Wildman–Crippen MR) is 84.0 cm³/mol. The van der Waals surface area contributed by atoms with Crippen molar-refractivity contribution in [3.63, 3.8) is 0 Å². The number of hydrogen-bond acceptors (Lipinski definition) is 4. The Balaban J connectivity index is 1.93. The molecule has 1 aliphatic heterocycles. The number of nitrogens with one attached hydrogen (secondary N) is 1. The highest BCUT2D eigenvalue weighted by atomic mass is 79.9. The van der Waals surface area contributed by atoms with Crippen molar-refractivity contribution < 1.29 is 8.42 Å². The molecular formula is C13H20BrN3O2S. The largest absolute Gasteiger partial charge is 0.398 e. The lowest BCUT2D eigenvalue weighted by molar-refractivity contribution is 0.233. The van der Waals surface area contributed by atoms with Crippen molar-refractivity contribution in [2.75, 3.05) is 31.9 Å². The summed E-state index contributed by atoms with van der Waals surface area (Å²) in [6.07, 6.45) is 3.68. The van der Waals surface area contributed by atoms with Gasteiger partial charge < -0.3 is 10.6 Å². The van der Waals surface area contributed by atoms with Gasteiger partial charge >= 0.3 is 0 Å². The molecule has 2 rings (SSSR count). The number of benzene rings is 1. The topological polar surface area (TPSA) is 75.4 Å². The van der Waals surface area contributed by atoms with E-state index in [-0.39, 0.29) is 10.6 Å². The fourth-order valence-corrected chi connectivity index (χ4v) is 3.87. The molecule has 0 amide bonds. The van der Waals surface area contributed by atoms with Gasteiger partial charge in [0, 0.05) is 17.6 Å². The van der Waals surface area contributed by atoms with E-state index in [1.807, 2.05) is 0 Å². The normalized spacial score (nSPS) is 17.2. The van der Waals surface area contributed by atoms with Crippen LogP contribution >= 0.6 is 15.9 Å². The van der Waals surface area contributed by atoms with Crippen molar-refractivity contribution in [3.8, 4) is 0 Å². The molecule has 0 radical (unpaired) electrons. The van der Waals surface area contributed by atoms with Gasteiger partial charge in [-0.05, 0) is 44.1 Å². The van der Waals surface area contributed by atoms with Crippen molar-refractivity contribution in [3.05, 3.63) is 22.7 Å². The average molecular weight is 362 g/mol. The quantitative estimate of drug-likeness (QED) is 0.784. The number of sulfonamides is 1. The maximum Gasteiger partial charge on any atom is 0.242 e. The van der Waals surface area contributed by atoms with Crippen LogP contribution in [0.25, 0.3) is 0 Å². The van der Waals surface area contributed by atoms with Gasteiger partial charge in [0.05, 0.1) is 5.69 Å². The highest BCUT2D eigenvalue weighted by Crippen LogP contribution is 2.22. The van der Waals surface area contributed by atoms with E-state index < -0.39 is 10.0 Å². The van der Waals surface area contributed by atoms with Gasteiger partial charge in [0.15, 0.2) is 0 Å². The second-order valence-electron chi connectivity index (χ2n) is 4.98. The van der Waals surface area contributed by atoms with Crippen LogP contribution in [0.3, 0.4) is 0 Å². The molecule has 1 saturated heterocycles. The van der Waals surface area contributed by atoms with E-state index in [9.17, 15) is 8.42 Å². The maximum atomic E-state index is 12.2. The first kappa shape index (κ1) is 15.8. The summed E-state index contributed by atoms with van der Waals surface area (Å²) in [5, 5.41) is 0. The molecule has 0 saturated carbocycles. The monoisotopic (exact) mass is 361 g/mol. The summed E-state index contributed by atoms with van der Waals surface area (Å²) in [4.78, 5) is 2.43. The molecule has 1 aromatic carbocycles. The SMILES string of the molecule is Nc1cc(Br)ccc1S(=O)(=O)NCCN1CCCCC1. The van der Waals surface area contributed by atoms with Crippen molar-refractivity contribution in [1.82, 2.24) is 9.62 Å². The standard InChI is InChI=1S/C13H20BrN3O2S/c14-11-4-5-13(12(15)10-11)20(18,19)16-6-9-17-7-2-1-3-8-17/h4-5,10,16H,1-3,6-9,15H2. The molecule has 20 heavy (non-hydrogen) atoms. The lowest BCUT2D eigenvalue weighted by Gasteiger charge is -2.26. The molecule has 1 aromatic rings. The summed E-state index contributed by atoms with van der Waals surface area (Å²) in [7, 11) is -3.53. The maximum absolute atomic E-state index is 12.2. The summed E-state index contributed by atoms with van der Waals surface area (Å²) in [5.74, 6) is 0. The van der Waals surface area contributed by atoms with E-state index in [1.165, 1.54) is 25.3 Å². The molecule has 3 N–H and O–H groups in total. The van der Waals surface area contributed by atoms with Crippen LogP contribution in [0.15, 0.2) is 27.6 Å². The van der Waals surface area contributed by atoms with Gasteiger partial charge in [-0.1, -0.05) is 22.4 Å². The number of anilines is 1. The molecule has 0 atom stereocenters. The van der Waals surface area contributed by atoms with Crippen LogP contribution in [0.4, 0.5) is 5.69 Å². The fraction of sp³-hybridized carbons (Fsp3) is 0.538. The Kier molecular flexibility index (Phi) is 5.42. The zero-order chi connectivity index (χ0) is 14.6. The van der Waals surface area contributed by atoms with Gasteiger partial charge in [0.2, 0.25) is 10.0 Å². The van der Waals surface area contributed by atoms with Crippen LogP contribution in [0.2, 0.25) is 0 Å². The van der Waals surface area contributed by atoms with Crippen molar-refractivity contribution >= 4 is 31.6 Å². The van der Waals surface area contributed by atoms with Gasteiger partial charge in [-0.3, -0.25) is 0 Å². The Labute approximate surface area is 128 Å². The van der Waals surface area contributed by atoms with E-state index in [0.29, 0.717) is 6.54 Å². The molecule has 1 aliphatic rings. The van der Waals surface area contributed by atoms with Crippen LogP contribution < -0.4 is 10.5 Å². The molecule has 1 fully saturated rings. The predicted octanol–water partition coefficient (Wildman–Crippen LogP) is 1.80. The summed E-state index contributed by atoms with van der Waals surface area (Å²) in [5.41, 5.74) is 6.02. The Hall–Kier alpha value is -0.630. The van der Waals surface area contributed by atoms with E-state index in [1.54, 1.807) is 12.1 Å². The number of piperidine rings is 1. The number of halogens is 1. The van der Waals surface area contributed by atoms with Gasteiger partial charge in [-0.2, -0.15) is 0 Å². The van der Waals surface area contributed by atoms with Crippen LogP contribution in [0, 0.1) is 0 Å². The molecule has 0 aromatic heterocycles. The third-order valence-electron chi connectivity index (χ3n) is 3.43. The van der Waals surface area contributed by atoms with Crippen LogP contribution in [0.5, 0.6) is 0 Å². The molecule has 1 heterocycles. The Bertz CT molecular complexity index is 557. The molecule has 0 bridgehead atoms. The summed E-state index contributed by atoms with van der Waals surface area (Å²) in [6, 6.07) is 4.79. The molecule has 0 unspecified atom stereocenters. The number of nitrogen functional groups attached to an aromatic ring is 1. The summed E-state index contributed by atoms with van der Waals surface area (Å²) < 4.78 is 27.7. The third kappa shape index (κ3) is 4.18. The van der Waals surface area contributed by atoms with E-state index in [4.69, 9.17) is 5.73 Å². The molecule has 0 aliphatic carbocycles. The van der Waals surface area contributed by atoms with E-state index >= 15 is 0 Å². The molecule has 7 heteroatoms. The van der Waals surface area contributed by atoms with Crippen LogP contribution in [-0.4, -0.2) is 39.5 Å². The van der Waals surface area contributed by atoms with E-state index in [2.05, 4.69) is 25.6 Å². The first-order valence-corrected chi connectivity index (χ1v) is 9.04. The van der Waals surface area contributed by atoms with E-state index in [0.717, 1.165) is 24.1 Å². The third-order valence-corrected chi connectivity index (χ3v) is 5.46. The van der Waals surface area contributed by atoms with Crippen molar-refractivity contribution in [1.29, 1.82) is 0 Å². The number of nitrogens with zero attached hydrogens (tertiary/aromatic N) is 1. The minimum atomic E-state index is -3.53. The second-order valence-corrected chi connectivity index (χ2v) is 7.63. The van der Waals surface area contributed by atoms with Gasteiger partial charge in [-0.25, -0.2) is 13.1 Å². The zero-order valence-corrected chi connectivity index (χ0v) is 13.7. The second kappa shape index (κ2) is 6.89. The molecule has 112 valence electrons. The first-order chi connectivity index (χ1) is 9.49. The van der Waals surface area contributed by atoms with Gasteiger partial charge in [0.1, 0.15) is 4.90 Å². The van der Waals surface area contributed by atoms with Crippen LogP contribution in [0.1, 0.15) is 19.3 Å². The van der Waals surface area contributed by atoms with Crippen molar-refractivity contribution in [2.24, 2.45) is 0 Å². The Morgan fingerprint density at radius 2 is 1.95 bits per heavy atom. The smallest absolute Gasteiger partial charge is 0.242 e. The lowest BCUT2D eigenvalue weighted by Crippen LogP contribution is -2.37. The van der Waals surface area contributed by atoms with Crippen LogP contribution in [-0.2, 0) is 10.0 Å². The number of hydrogen-bond donors (Lipinski definition) is 2. The number of rotatable bonds is 5. The number of nitrogens with two attached hydrogens (primary N) is 1. The fourth-order valence-electron chi connectivity index (χ4n) is 2.36. The zero-order valence-electron chi connectivity index (χ0n) is 11.3. The molecular weight excluding hydrogens is 342 g/mol. The van der Waals surface area contributed by atoms with Crippen molar-refractivity contribution in [2.45, 2.75) is 24.2 Å². The number of likely N-dealkylation sites (tertiary alicyclic amines) is 1.